The Labute approximate surface area is 64.1 Å². The van der Waals surface area contributed by atoms with Gasteiger partial charge in [-0.25, -0.2) is 0 Å². The van der Waals surface area contributed by atoms with E-state index < -0.39 is 0 Å². The first-order valence-electron chi connectivity index (χ1n) is 2.99. The highest BCUT2D eigenvalue weighted by Gasteiger charge is 1.93. The molecule has 0 fully saturated rings. The number of nitrogens with one attached hydrogen (secondary N) is 1. The summed E-state index contributed by atoms with van der Waals surface area (Å²) in [6, 6.07) is 2.08. The number of thiophene rings is 1. The molecule has 0 aliphatic rings. The Kier molecular flexibility index (Phi) is 2.30. The lowest BCUT2D eigenvalue weighted by Gasteiger charge is -1.89. The van der Waals surface area contributed by atoms with Crippen molar-refractivity contribution in [1.82, 2.24) is 5.32 Å². The van der Waals surface area contributed by atoms with Gasteiger partial charge in [0, 0.05) is 4.88 Å². The predicted octanol–water partition coefficient (Wildman–Crippen LogP) is 1.63. The van der Waals surface area contributed by atoms with Crippen LogP contribution in [0.1, 0.15) is 10.4 Å². The largest absolute Gasteiger partial charge is 0.319 e. The molecule has 0 spiro atoms. The normalized spacial score (nSPS) is 8.80. The first-order chi connectivity index (χ1) is 4.83. The van der Waals surface area contributed by atoms with Crippen molar-refractivity contribution in [2.45, 2.75) is 13.5 Å². The lowest BCUT2D eigenvalue weighted by molar-refractivity contribution is 0.901. The molecule has 0 saturated carbocycles. The average Bonchev–Trinajstić information content (AvgIpc) is 2.31. The number of nitriles is 1. The van der Waals surface area contributed by atoms with Crippen LogP contribution in [-0.4, -0.2) is 0 Å². The smallest absolute Gasteiger partial charge is 0.176 e. The third-order valence-corrected chi connectivity index (χ3v) is 2.18. The van der Waals surface area contributed by atoms with Crippen LogP contribution in [0.4, 0.5) is 0 Å². The monoisotopic (exact) mass is 152 g/mol. The van der Waals surface area contributed by atoms with Gasteiger partial charge in [0.15, 0.2) is 6.19 Å². The third kappa shape index (κ3) is 1.74. The second-order valence-electron chi connectivity index (χ2n) is 2.06. The molecule has 0 saturated heterocycles. The summed E-state index contributed by atoms with van der Waals surface area (Å²) in [5.74, 6) is 0. The van der Waals surface area contributed by atoms with Crippen LogP contribution in [0, 0.1) is 18.4 Å². The fourth-order valence-electron chi connectivity index (χ4n) is 0.710. The Balaban J connectivity index is 2.52. The van der Waals surface area contributed by atoms with E-state index in [-0.39, 0.29) is 0 Å². The highest BCUT2D eigenvalue weighted by Crippen LogP contribution is 2.12. The summed E-state index contributed by atoms with van der Waals surface area (Å²) in [5, 5.41) is 12.8. The molecule has 0 radical (unpaired) electrons. The summed E-state index contributed by atoms with van der Waals surface area (Å²) >= 11 is 1.68. The standard InChI is InChI=1S/C7H8N2S/c1-6-2-7(10-4-6)3-9-5-8/h2,4,9H,3H2,1H3. The minimum Gasteiger partial charge on any atom is -0.319 e. The molecule has 0 aromatic carbocycles. The van der Waals surface area contributed by atoms with E-state index in [0.717, 1.165) is 0 Å². The molecule has 0 unspecified atom stereocenters. The lowest BCUT2D eigenvalue weighted by Crippen LogP contribution is -2.01. The van der Waals surface area contributed by atoms with Crippen LogP contribution in [-0.2, 0) is 6.54 Å². The van der Waals surface area contributed by atoms with Crippen molar-refractivity contribution < 1.29 is 0 Å². The molecule has 0 atom stereocenters. The second-order valence-corrected chi connectivity index (χ2v) is 3.05. The number of nitrogens with zero attached hydrogens (tertiary/aromatic N) is 1. The Morgan fingerprint density at radius 3 is 3.10 bits per heavy atom. The second kappa shape index (κ2) is 3.23. The third-order valence-electron chi connectivity index (χ3n) is 1.13. The zero-order valence-electron chi connectivity index (χ0n) is 5.72. The first-order valence-corrected chi connectivity index (χ1v) is 3.87. The summed E-state index contributed by atoms with van der Waals surface area (Å²) in [6.45, 7) is 2.71. The van der Waals surface area contributed by atoms with E-state index in [9.17, 15) is 0 Å². The molecular weight excluding hydrogens is 144 g/mol. The maximum absolute atomic E-state index is 8.18. The quantitative estimate of drug-likeness (QED) is 0.516. The van der Waals surface area contributed by atoms with Gasteiger partial charge >= 0.3 is 0 Å². The Morgan fingerprint density at radius 1 is 1.80 bits per heavy atom. The maximum atomic E-state index is 8.18. The maximum Gasteiger partial charge on any atom is 0.176 e. The van der Waals surface area contributed by atoms with Gasteiger partial charge in [-0.15, -0.1) is 11.3 Å². The molecule has 1 N–H and O–H groups in total. The zero-order chi connectivity index (χ0) is 7.40. The Morgan fingerprint density at radius 2 is 2.60 bits per heavy atom. The van der Waals surface area contributed by atoms with E-state index in [1.54, 1.807) is 11.3 Å². The molecule has 1 aromatic rings. The van der Waals surface area contributed by atoms with Gasteiger partial charge in [-0.1, -0.05) is 0 Å². The highest BCUT2D eigenvalue weighted by molar-refractivity contribution is 7.10. The molecule has 0 aliphatic carbocycles. The molecule has 1 heterocycles. The number of rotatable bonds is 2. The van der Waals surface area contributed by atoms with Crippen LogP contribution >= 0.6 is 11.3 Å². The van der Waals surface area contributed by atoms with Gasteiger partial charge in [-0.2, -0.15) is 5.26 Å². The molecule has 1 aromatic heterocycles. The van der Waals surface area contributed by atoms with Crippen LogP contribution in [0.5, 0.6) is 0 Å². The number of hydrogen-bond donors (Lipinski definition) is 1. The van der Waals surface area contributed by atoms with E-state index in [4.69, 9.17) is 5.26 Å². The minimum absolute atomic E-state index is 0.662. The Hall–Kier alpha value is -1.01. The molecule has 10 heavy (non-hydrogen) atoms. The van der Waals surface area contributed by atoms with Gasteiger partial charge in [-0.3, -0.25) is 0 Å². The van der Waals surface area contributed by atoms with Crippen molar-refractivity contribution in [3.05, 3.63) is 21.9 Å². The summed E-state index contributed by atoms with van der Waals surface area (Å²) in [5.41, 5.74) is 1.26. The van der Waals surface area contributed by atoms with Crippen LogP contribution in [0.25, 0.3) is 0 Å². The van der Waals surface area contributed by atoms with E-state index in [1.165, 1.54) is 10.4 Å². The first kappa shape index (κ1) is 7.10. The summed E-state index contributed by atoms with van der Waals surface area (Å²) < 4.78 is 0. The molecule has 2 nitrogen and oxygen atoms in total. The molecule has 1 rings (SSSR count). The van der Waals surface area contributed by atoms with Crippen molar-refractivity contribution in [3.8, 4) is 6.19 Å². The van der Waals surface area contributed by atoms with Gasteiger partial charge in [0.2, 0.25) is 0 Å². The van der Waals surface area contributed by atoms with E-state index >= 15 is 0 Å². The summed E-state index contributed by atoms with van der Waals surface area (Å²) in [7, 11) is 0. The van der Waals surface area contributed by atoms with E-state index in [0.29, 0.717) is 6.54 Å². The SMILES string of the molecule is Cc1csc(CNC#N)c1. The minimum atomic E-state index is 0.662. The van der Waals surface area contributed by atoms with Crippen molar-refractivity contribution in [3.63, 3.8) is 0 Å². The summed E-state index contributed by atoms with van der Waals surface area (Å²) in [6.07, 6.45) is 1.88. The lowest BCUT2D eigenvalue weighted by atomic mass is 10.3. The van der Waals surface area contributed by atoms with Gasteiger partial charge in [0.05, 0.1) is 6.54 Å². The summed E-state index contributed by atoms with van der Waals surface area (Å²) in [4.78, 5) is 1.21. The van der Waals surface area contributed by atoms with Crippen LogP contribution < -0.4 is 5.32 Å². The van der Waals surface area contributed by atoms with Crippen molar-refractivity contribution in [2.24, 2.45) is 0 Å². The molecule has 3 heteroatoms. The fraction of sp³-hybridized carbons (Fsp3) is 0.286. The van der Waals surface area contributed by atoms with E-state index in [1.807, 2.05) is 13.1 Å². The highest BCUT2D eigenvalue weighted by atomic mass is 32.1. The van der Waals surface area contributed by atoms with Crippen LogP contribution in [0.3, 0.4) is 0 Å². The van der Waals surface area contributed by atoms with Gasteiger partial charge < -0.3 is 5.32 Å². The Bertz CT molecular complexity index is 246. The fourth-order valence-corrected chi connectivity index (χ4v) is 1.52. The van der Waals surface area contributed by atoms with Gasteiger partial charge in [0.1, 0.15) is 0 Å². The van der Waals surface area contributed by atoms with Crippen molar-refractivity contribution in [1.29, 1.82) is 5.26 Å². The molecule has 0 bridgehead atoms. The van der Waals surface area contributed by atoms with Crippen LogP contribution in [0.2, 0.25) is 0 Å². The van der Waals surface area contributed by atoms with Crippen LogP contribution in [0.15, 0.2) is 11.4 Å². The topological polar surface area (TPSA) is 35.8 Å². The van der Waals surface area contributed by atoms with Crippen molar-refractivity contribution in [2.75, 3.05) is 0 Å². The molecule has 0 aliphatic heterocycles. The average molecular weight is 152 g/mol. The van der Waals surface area contributed by atoms with Crippen molar-refractivity contribution >= 4 is 11.3 Å². The van der Waals surface area contributed by atoms with E-state index in [2.05, 4.69) is 16.8 Å². The van der Waals surface area contributed by atoms with Gasteiger partial charge in [0.25, 0.3) is 0 Å². The predicted molar refractivity (Wildman–Crippen MR) is 41.5 cm³/mol. The van der Waals surface area contributed by atoms with Gasteiger partial charge in [-0.05, 0) is 23.9 Å². The zero-order valence-corrected chi connectivity index (χ0v) is 6.53. The molecule has 52 valence electrons. The molecular formula is C7H8N2S. The number of hydrogen-bond acceptors (Lipinski definition) is 3. The number of aryl methyl sites for hydroxylation is 1. The molecule has 0 amide bonds.